The lowest BCUT2D eigenvalue weighted by Gasteiger charge is -2.19. The number of aromatic nitrogens is 1. The Bertz CT molecular complexity index is 337. The van der Waals surface area contributed by atoms with Crippen molar-refractivity contribution in [1.82, 2.24) is 10.3 Å². The molecular weight excluding hydrogens is 226 g/mol. The summed E-state index contributed by atoms with van der Waals surface area (Å²) in [5, 5.41) is 3.20. The molecular formula is C14H25N3O. The van der Waals surface area contributed by atoms with Crippen LogP contribution < -0.4 is 10.2 Å². The monoisotopic (exact) mass is 251 g/mol. The molecule has 4 heteroatoms. The second kappa shape index (κ2) is 7.34. The van der Waals surface area contributed by atoms with Crippen molar-refractivity contribution in [3.8, 4) is 0 Å². The second-order valence-electron chi connectivity index (χ2n) is 4.80. The molecule has 1 aromatic heterocycles. The molecule has 1 aromatic rings. The van der Waals surface area contributed by atoms with Crippen molar-refractivity contribution >= 4 is 5.82 Å². The van der Waals surface area contributed by atoms with Crippen molar-refractivity contribution in [1.29, 1.82) is 0 Å². The third-order valence-electron chi connectivity index (χ3n) is 2.97. The van der Waals surface area contributed by atoms with E-state index in [9.17, 15) is 0 Å². The van der Waals surface area contributed by atoms with Crippen LogP contribution in [-0.4, -0.2) is 38.3 Å². The Morgan fingerprint density at radius 1 is 1.33 bits per heavy atom. The summed E-state index contributed by atoms with van der Waals surface area (Å²) in [7, 11) is 3.99. The van der Waals surface area contributed by atoms with E-state index in [1.54, 1.807) is 0 Å². The number of rotatable bonds is 7. The maximum atomic E-state index is 5.53. The van der Waals surface area contributed by atoms with Crippen LogP contribution in [0, 0.1) is 0 Å². The molecule has 0 amide bonds. The Kier molecular flexibility index (Phi) is 6.09. The smallest absolute Gasteiger partial charge is 0.128 e. The fourth-order valence-corrected chi connectivity index (χ4v) is 1.59. The summed E-state index contributed by atoms with van der Waals surface area (Å²) < 4.78 is 5.53. The van der Waals surface area contributed by atoms with Gasteiger partial charge in [-0.05, 0) is 39.4 Å². The normalized spacial score (nSPS) is 12.8. The highest BCUT2D eigenvalue weighted by molar-refractivity contribution is 5.38. The molecule has 0 radical (unpaired) electrons. The summed E-state index contributed by atoms with van der Waals surface area (Å²) in [5.74, 6) is 0.981. The largest absolute Gasteiger partial charge is 0.377 e. The fourth-order valence-electron chi connectivity index (χ4n) is 1.59. The zero-order chi connectivity index (χ0) is 13.5. The van der Waals surface area contributed by atoms with Crippen LogP contribution in [0.5, 0.6) is 0 Å². The summed E-state index contributed by atoms with van der Waals surface area (Å²) in [6.07, 6.45) is 2.21. The van der Waals surface area contributed by atoms with Crippen LogP contribution in [0.1, 0.15) is 32.4 Å². The molecule has 1 rings (SSSR count). The zero-order valence-corrected chi connectivity index (χ0v) is 12.1. The number of likely N-dealkylation sites (N-methyl/N-ethyl adjacent to an activating group) is 1. The maximum Gasteiger partial charge on any atom is 0.128 e. The molecule has 0 saturated carbocycles. The Morgan fingerprint density at radius 2 is 2.06 bits per heavy atom. The molecule has 0 saturated heterocycles. The van der Waals surface area contributed by atoms with E-state index >= 15 is 0 Å². The first kappa shape index (κ1) is 14.9. The van der Waals surface area contributed by atoms with E-state index in [1.165, 1.54) is 5.56 Å². The molecule has 1 heterocycles. The molecule has 0 fully saturated rings. The van der Waals surface area contributed by atoms with Crippen molar-refractivity contribution in [3.05, 3.63) is 23.9 Å². The number of hydrogen-bond acceptors (Lipinski definition) is 4. The lowest BCUT2D eigenvalue weighted by molar-refractivity contribution is 0.0845. The number of anilines is 1. The summed E-state index contributed by atoms with van der Waals surface area (Å²) in [5.41, 5.74) is 1.20. The predicted molar refractivity (Wildman–Crippen MR) is 76.1 cm³/mol. The van der Waals surface area contributed by atoms with Gasteiger partial charge in [-0.2, -0.15) is 0 Å². The Labute approximate surface area is 110 Å². The molecule has 0 spiro atoms. The van der Waals surface area contributed by atoms with Gasteiger partial charge in [0.1, 0.15) is 5.82 Å². The van der Waals surface area contributed by atoms with Crippen molar-refractivity contribution < 1.29 is 4.74 Å². The molecule has 0 bridgehead atoms. The summed E-state index contributed by atoms with van der Waals surface area (Å²) >= 11 is 0. The average molecular weight is 251 g/mol. The van der Waals surface area contributed by atoms with E-state index in [0.29, 0.717) is 6.04 Å². The van der Waals surface area contributed by atoms with Gasteiger partial charge in [0.05, 0.1) is 12.7 Å². The van der Waals surface area contributed by atoms with Crippen molar-refractivity contribution in [2.45, 2.75) is 32.9 Å². The SMILES string of the molecule is CNC(C)c1ccc(N(C)CCOC(C)C)nc1. The molecule has 102 valence electrons. The van der Waals surface area contributed by atoms with Crippen LogP contribution in [0.25, 0.3) is 0 Å². The molecule has 0 aliphatic carbocycles. The number of ether oxygens (including phenoxy) is 1. The molecule has 1 unspecified atom stereocenters. The van der Waals surface area contributed by atoms with E-state index < -0.39 is 0 Å². The lowest BCUT2D eigenvalue weighted by atomic mass is 10.1. The minimum Gasteiger partial charge on any atom is -0.377 e. The average Bonchev–Trinajstić information content (AvgIpc) is 2.37. The first-order valence-electron chi connectivity index (χ1n) is 6.50. The van der Waals surface area contributed by atoms with Gasteiger partial charge in [-0.1, -0.05) is 6.07 Å². The first-order chi connectivity index (χ1) is 8.54. The molecule has 1 N–H and O–H groups in total. The Balaban J connectivity index is 2.51. The maximum absolute atomic E-state index is 5.53. The zero-order valence-electron chi connectivity index (χ0n) is 12.1. The van der Waals surface area contributed by atoms with Crippen LogP contribution >= 0.6 is 0 Å². The van der Waals surface area contributed by atoms with Gasteiger partial charge in [0.15, 0.2) is 0 Å². The minimum atomic E-state index is 0.283. The highest BCUT2D eigenvalue weighted by atomic mass is 16.5. The van der Waals surface area contributed by atoms with Gasteiger partial charge in [0.25, 0.3) is 0 Å². The molecule has 4 nitrogen and oxygen atoms in total. The summed E-state index contributed by atoms with van der Waals surface area (Å²) in [4.78, 5) is 6.58. The Hall–Kier alpha value is -1.13. The van der Waals surface area contributed by atoms with Gasteiger partial charge in [0, 0.05) is 25.8 Å². The van der Waals surface area contributed by atoms with Gasteiger partial charge in [-0.25, -0.2) is 4.98 Å². The van der Waals surface area contributed by atoms with Crippen LogP contribution in [0.3, 0.4) is 0 Å². The standard InChI is InChI=1S/C14H25N3O/c1-11(2)18-9-8-17(5)14-7-6-13(10-16-14)12(3)15-4/h6-7,10-12,15H,8-9H2,1-5H3. The quantitative estimate of drug-likeness (QED) is 0.806. The van der Waals surface area contributed by atoms with E-state index in [1.807, 2.05) is 34.1 Å². The second-order valence-corrected chi connectivity index (χ2v) is 4.80. The highest BCUT2D eigenvalue weighted by Gasteiger charge is 2.06. The van der Waals surface area contributed by atoms with Gasteiger partial charge in [-0.3, -0.25) is 0 Å². The summed E-state index contributed by atoms with van der Waals surface area (Å²) in [6.45, 7) is 7.80. The number of pyridine rings is 1. The van der Waals surface area contributed by atoms with E-state index in [4.69, 9.17) is 4.74 Å². The summed E-state index contributed by atoms with van der Waals surface area (Å²) in [6, 6.07) is 4.50. The van der Waals surface area contributed by atoms with Crippen molar-refractivity contribution in [2.24, 2.45) is 0 Å². The van der Waals surface area contributed by atoms with Gasteiger partial charge in [-0.15, -0.1) is 0 Å². The fraction of sp³-hybridized carbons (Fsp3) is 0.643. The molecule has 0 aliphatic rings. The van der Waals surface area contributed by atoms with E-state index in [2.05, 4.69) is 34.3 Å². The molecule has 1 atom stereocenters. The van der Waals surface area contributed by atoms with E-state index in [-0.39, 0.29) is 6.10 Å². The topological polar surface area (TPSA) is 37.4 Å². The minimum absolute atomic E-state index is 0.283. The predicted octanol–water partition coefficient (Wildman–Crippen LogP) is 2.22. The lowest BCUT2D eigenvalue weighted by Crippen LogP contribution is -2.24. The third kappa shape index (κ3) is 4.63. The molecule has 0 aliphatic heterocycles. The van der Waals surface area contributed by atoms with Crippen LogP contribution in [-0.2, 0) is 4.74 Å². The number of hydrogen-bond donors (Lipinski definition) is 1. The van der Waals surface area contributed by atoms with Crippen molar-refractivity contribution in [3.63, 3.8) is 0 Å². The van der Waals surface area contributed by atoms with Gasteiger partial charge >= 0.3 is 0 Å². The third-order valence-corrected chi connectivity index (χ3v) is 2.97. The molecule has 18 heavy (non-hydrogen) atoms. The van der Waals surface area contributed by atoms with Crippen LogP contribution in [0.4, 0.5) is 5.82 Å². The number of nitrogens with one attached hydrogen (secondary N) is 1. The van der Waals surface area contributed by atoms with Crippen molar-refractivity contribution in [2.75, 3.05) is 32.1 Å². The van der Waals surface area contributed by atoms with Crippen LogP contribution in [0.2, 0.25) is 0 Å². The van der Waals surface area contributed by atoms with Crippen LogP contribution in [0.15, 0.2) is 18.3 Å². The highest BCUT2D eigenvalue weighted by Crippen LogP contribution is 2.14. The molecule has 0 aromatic carbocycles. The van der Waals surface area contributed by atoms with E-state index in [0.717, 1.165) is 19.0 Å². The number of nitrogens with zero attached hydrogens (tertiary/aromatic N) is 2. The van der Waals surface area contributed by atoms with Gasteiger partial charge in [0.2, 0.25) is 0 Å². The first-order valence-corrected chi connectivity index (χ1v) is 6.50. The van der Waals surface area contributed by atoms with Gasteiger partial charge < -0.3 is 15.0 Å². The Morgan fingerprint density at radius 3 is 2.56 bits per heavy atom.